The molecule has 0 aromatic rings. The first-order valence-electron chi connectivity index (χ1n) is 8.95. The normalized spacial score (nSPS) is 15.4. The second-order valence-corrected chi connectivity index (χ2v) is 6.06. The van der Waals surface area contributed by atoms with Crippen LogP contribution in [0.1, 0.15) is 65.2 Å². The van der Waals surface area contributed by atoms with Crippen molar-refractivity contribution in [1.29, 1.82) is 0 Å². The van der Waals surface area contributed by atoms with Gasteiger partial charge in [-0.2, -0.15) is 0 Å². The summed E-state index contributed by atoms with van der Waals surface area (Å²) in [5.41, 5.74) is 0. The molecule has 2 amide bonds. The van der Waals surface area contributed by atoms with Crippen LogP contribution in [-0.4, -0.2) is 48.9 Å². The Hall–Kier alpha value is -0.810. The third kappa shape index (κ3) is 9.82. The first-order valence-corrected chi connectivity index (χ1v) is 8.95. The number of rotatable bonds is 9. The first kappa shape index (κ1) is 22.2. The van der Waals surface area contributed by atoms with Crippen LogP contribution in [0.3, 0.4) is 0 Å². The van der Waals surface area contributed by atoms with E-state index in [-0.39, 0.29) is 24.2 Å². The van der Waals surface area contributed by atoms with Crippen molar-refractivity contribution in [3.8, 4) is 0 Å². The number of hydrogen-bond donors (Lipinski definition) is 2. The minimum Gasteiger partial charge on any atom is -0.355 e. The van der Waals surface area contributed by atoms with E-state index in [1.165, 1.54) is 38.5 Å². The largest absolute Gasteiger partial charge is 0.355 e. The van der Waals surface area contributed by atoms with Crippen molar-refractivity contribution in [3.05, 3.63) is 0 Å². The van der Waals surface area contributed by atoms with Gasteiger partial charge in [0.15, 0.2) is 0 Å². The number of nitrogens with zero attached hydrogens (tertiary/aromatic N) is 1. The lowest BCUT2D eigenvalue weighted by molar-refractivity contribution is -0.133. The molecule has 136 valence electrons. The second-order valence-electron chi connectivity index (χ2n) is 6.06. The standard InChI is InChI=1S/C17H33N3O2.ClH/c1-3-20(4-2)17(22)12-11-16(21)19-14-13-18-15-9-7-5-6-8-10-15;/h15,18H,3-14H2,1-2H3,(H,19,21);1H. The number of hydrogen-bond acceptors (Lipinski definition) is 3. The van der Waals surface area contributed by atoms with Gasteiger partial charge in [0.05, 0.1) is 0 Å². The van der Waals surface area contributed by atoms with Gasteiger partial charge in [-0.1, -0.05) is 25.7 Å². The highest BCUT2D eigenvalue weighted by atomic mass is 35.5. The average Bonchev–Trinajstić information content (AvgIpc) is 2.79. The molecule has 1 saturated carbocycles. The van der Waals surface area contributed by atoms with E-state index in [0.29, 0.717) is 38.5 Å². The number of carbonyl (C=O) groups is 2. The molecule has 1 aliphatic carbocycles. The fraction of sp³-hybridized carbons (Fsp3) is 0.882. The molecule has 0 aromatic carbocycles. The van der Waals surface area contributed by atoms with Crippen LogP contribution in [0.15, 0.2) is 0 Å². The zero-order valence-electron chi connectivity index (χ0n) is 14.7. The van der Waals surface area contributed by atoms with Crippen LogP contribution in [0.25, 0.3) is 0 Å². The van der Waals surface area contributed by atoms with Crippen molar-refractivity contribution in [3.63, 3.8) is 0 Å². The van der Waals surface area contributed by atoms with Gasteiger partial charge >= 0.3 is 0 Å². The summed E-state index contributed by atoms with van der Waals surface area (Å²) in [5.74, 6) is 0.0416. The Kier molecular flexibility index (Phi) is 13.1. The monoisotopic (exact) mass is 347 g/mol. The van der Waals surface area contributed by atoms with Gasteiger partial charge in [-0.3, -0.25) is 9.59 Å². The predicted octanol–water partition coefficient (Wildman–Crippen LogP) is 2.49. The number of nitrogens with one attached hydrogen (secondary N) is 2. The lowest BCUT2D eigenvalue weighted by Gasteiger charge is -2.18. The summed E-state index contributed by atoms with van der Waals surface area (Å²) >= 11 is 0. The minimum atomic E-state index is -0.0248. The molecule has 0 aliphatic heterocycles. The van der Waals surface area contributed by atoms with E-state index in [1.807, 2.05) is 13.8 Å². The molecule has 23 heavy (non-hydrogen) atoms. The molecule has 0 spiro atoms. The zero-order valence-corrected chi connectivity index (χ0v) is 15.6. The third-order valence-corrected chi connectivity index (χ3v) is 4.42. The Morgan fingerprint density at radius 2 is 1.57 bits per heavy atom. The van der Waals surface area contributed by atoms with E-state index in [1.54, 1.807) is 4.90 Å². The Labute approximate surface area is 147 Å². The third-order valence-electron chi connectivity index (χ3n) is 4.42. The molecule has 5 nitrogen and oxygen atoms in total. The summed E-state index contributed by atoms with van der Waals surface area (Å²) in [6.07, 6.45) is 8.46. The molecule has 0 atom stereocenters. The first-order chi connectivity index (χ1) is 10.7. The van der Waals surface area contributed by atoms with Gasteiger partial charge < -0.3 is 15.5 Å². The van der Waals surface area contributed by atoms with E-state index in [4.69, 9.17) is 0 Å². The number of halogens is 1. The van der Waals surface area contributed by atoms with Crippen molar-refractivity contribution < 1.29 is 9.59 Å². The van der Waals surface area contributed by atoms with Crippen LogP contribution >= 0.6 is 12.4 Å². The maximum absolute atomic E-state index is 11.8. The van der Waals surface area contributed by atoms with Crippen LogP contribution < -0.4 is 10.6 Å². The van der Waals surface area contributed by atoms with E-state index in [9.17, 15) is 9.59 Å². The highest BCUT2D eigenvalue weighted by Gasteiger charge is 2.13. The van der Waals surface area contributed by atoms with Crippen molar-refractivity contribution in [1.82, 2.24) is 15.5 Å². The lowest BCUT2D eigenvalue weighted by Crippen LogP contribution is -2.37. The molecule has 6 heteroatoms. The van der Waals surface area contributed by atoms with Crippen molar-refractivity contribution in [2.45, 2.75) is 71.3 Å². The van der Waals surface area contributed by atoms with E-state index < -0.39 is 0 Å². The lowest BCUT2D eigenvalue weighted by atomic mass is 10.1. The minimum absolute atomic E-state index is 0. The Bertz CT molecular complexity index is 328. The predicted molar refractivity (Wildman–Crippen MR) is 96.9 cm³/mol. The molecule has 0 unspecified atom stereocenters. The molecule has 0 radical (unpaired) electrons. The summed E-state index contributed by atoms with van der Waals surface area (Å²) in [5, 5.41) is 6.42. The number of amides is 2. The summed E-state index contributed by atoms with van der Waals surface area (Å²) in [6.45, 7) is 6.81. The van der Waals surface area contributed by atoms with Gasteiger partial charge in [0.1, 0.15) is 0 Å². The van der Waals surface area contributed by atoms with Crippen LogP contribution in [0.5, 0.6) is 0 Å². The van der Waals surface area contributed by atoms with Crippen LogP contribution in [0, 0.1) is 0 Å². The highest BCUT2D eigenvalue weighted by Crippen LogP contribution is 2.16. The van der Waals surface area contributed by atoms with Gasteiger partial charge in [0.2, 0.25) is 11.8 Å². The highest BCUT2D eigenvalue weighted by molar-refractivity contribution is 5.85. The fourth-order valence-corrected chi connectivity index (χ4v) is 3.00. The van der Waals surface area contributed by atoms with E-state index >= 15 is 0 Å². The Morgan fingerprint density at radius 3 is 2.13 bits per heavy atom. The molecule has 0 heterocycles. The Morgan fingerprint density at radius 1 is 0.957 bits per heavy atom. The van der Waals surface area contributed by atoms with Gasteiger partial charge in [-0.05, 0) is 26.7 Å². The SMILES string of the molecule is CCN(CC)C(=O)CCC(=O)NCCNC1CCCCCC1.Cl. The molecule has 0 bridgehead atoms. The topological polar surface area (TPSA) is 61.4 Å². The van der Waals surface area contributed by atoms with Crippen molar-refractivity contribution in [2.75, 3.05) is 26.2 Å². The molecule has 1 fully saturated rings. The average molecular weight is 348 g/mol. The van der Waals surface area contributed by atoms with Crippen molar-refractivity contribution >= 4 is 24.2 Å². The van der Waals surface area contributed by atoms with E-state index in [0.717, 1.165) is 6.54 Å². The molecular formula is C17H34ClN3O2. The molecule has 2 N–H and O–H groups in total. The molecule has 0 aromatic heterocycles. The van der Waals surface area contributed by atoms with Crippen LogP contribution in [0.4, 0.5) is 0 Å². The summed E-state index contributed by atoms with van der Waals surface area (Å²) in [4.78, 5) is 25.3. The van der Waals surface area contributed by atoms with E-state index in [2.05, 4.69) is 10.6 Å². The zero-order chi connectivity index (χ0) is 16.2. The van der Waals surface area contributed by atoms with Gasteiger partial charge in [0, 0.05) is 45.1 Å². The molecule has 0 saturated heterocycles. The fourth-order valence-electron chi connectivity index (χ4n) is 3.00. The quantitative estimate of drug-likeness (QED) is 0.497. The van der Waals surface area contributed by atoms with Gasteiger partial charge in [-0.15, -0.1) is 12.4 Å². The van der Waals surface area contributed by atoms with Gasteiger partial charge in [0.25, 0.3) is 0 Å². The smallest absolute Gasteiger partial charge is 0.223 e. The van der Waals surface area contributed by atoms with Gasteiger partial charge in [-0.25, -0.2) is 0 Å². The van der Waals surface area contributed by atoms with Crippen LogP contribution in [0.2, 0.25) is 0 Å². The summed E-state index contributed by atoms with van der Waals surface area (Å²) < 4.78 is 0. The number of carbonyl (C=O) groups excluding carboxylic acids is 2. The molecule has 1 rings (SSSR count). The summed E-state index contributed by atoms with van der Waals surface area (Å²) in [7, 11) is 0. The maximum Gasteiger partial charge on any atom is 0.223 e. The summed E-state index contributed by atoms with van der Waals surface area (Å²) in [6, 6.07) is 0.614. The van der Waals surface area contributed by atoms with Crippen molar-refractivity contribution in [2.24, 2.45) is 0 Å². The maximum atomic E-state index is 11.8. The Balaban J connectivity index is 0.00000484. The van der Waals surface area contributed by atoms with Crippen LogP contribution in [-0.2, 0) is 9.59 Å². The molecular weight excluding hydrogens is 314 g/mol. The second kappa shape index (κ2) is 13.6. The molecule has 1 aliphatic rings.